The van der Waals surface area contributed by atoms with Gasteiger partial charge in [-0.05, 0) is 19.9 Å². The highest BCUT2D eigenvalue weighted by atomic mass is 32.2. The normalized spacial score (nSPS) is 15.6. The van der Waals surface area contributed by atoms with Crippen LogP contribution in [-0.2, 0) is 10.8 Å². The molecule has 12 heavy (non-hydrogen) atoms. The zero-order valence-corrected chi connectivity index (χ0v) is 9.04. The van der Waals surface area contributed by atoms with Crippen molar-refractivity contribution in [3.63, 3.8) is 0 Å². The van der Waals surface area contributed by atoms with E-state index < -0.39 is 10.8 Å². The van der Waals surface area contributed by atoms with E-state index in [1.807, 2.05) is 13.8 Å². The molecule has 2 unspecified atom stereocenters. The summed E-state index contributed by atoms with van der Waals surface area (Å²) >= 11 is 0. The van der Waals surface area contributed by atoms with Crippen molar-refractivity contribution in [1.82, 2.24) is 5.32 Å². The zero-order chi connectivity index (χ0) is 9.56. The quantitative estimate of drug-likeness (QED) is 0.504. The molecule has 2 atom stereocenters. The standard InChI is InChI=1S/C9H19NOS/c1-8(2)7-10-6-5-9(3)12(4)11/h9-10H,1,5-7H2,2-4H3. The monoisotopic (exact) mass is 189 g/mol. The molecule has 0 aliphatic heterocycles. The van der Waals surface area contributed by atoms with Crippen LogP contribution in [0.15, 0.2) is 12.2 Å². The molecular weight excluding hydrogens is 170 g/mol. The minimum atomic E-state index is -0.687. The summed E-state index contributed by atoms with van der Waals surface area (Å²) in [5.74, 6) is 0. The van der Waals surface area contributed by atoms with Gasteiger partial charge in [-0.25, -0.2) is 0 Å². The van der Waals surface area contributed by atoms with E-state index >= 15 is 0 Å². The molecule has 0 aromatic heterocycles. The maximum Gasteiger partial charge on any atom is 0.0329 e. The third-order valence-electron chi connectivity index (χ3n) is 1.72. The average molecular weight is 189 g/mol. The Bertz CT molecular complexity index is 168. The highest BCUT2D eigenvalue weighted by Gasteiger charge is 2.04. The molecule has 0 aromatic rings. The van der Waals surface area contributed by atoms with E-state index in [0.29, 0.717) is 5.25 Å². The van der Waals surface area contributed by atoms with Crippen LogP contribution in [-0.4, -0.2) is 28.8 Å². The van der Waals surface area contributed by atoms with Crippen LogP contribution in [0.3, 0.4) is 0 Å². The van der Waals surface area contributed by atoms with Crippen molar-refractivity contribution in [1.29, 1.82) is 0 Å². The van der Waals surface area contributed by atoms with Crippen LogP contribution < -0.4 is 5.32 Å². The van der Waals surface area contributed by atoms with Crippen LogP contribution in [0.25, 0.3) is 0 Å². The molecule has 0 aliphatic rings. The van der Waals surface area contributed by atoms with Crippen molar-refractivity contribution in [3.05, 3.63) is 12.2 Å². The Morgan fingerprint density at radius 3 is 2.67 bits per heavy atom. The fourth-order valence-electron chi connectivity index (χ4n) is 0.773. The average Bonchev–Trinajstić information content (AvgIpc) is 1.97. The largest absolute Gasteiger partial charge is 0.313 e. The molecule has 0 fully saturated rings. The van der Waals surface area contributed by atoms with Crippen LogP contribution >= 0.6 is 0 Å². The van der Waals surface area contributed by atoms with Gasteiger partial charge in [0.25, 0.3) is 0 Å². The van der Waals surface area contributed by atoms with Gasteiger partial charge in [-0.2, -0.15) is 0 Å². The zero-order valence-electron chi connectivity index (χ0n) is 8.22. The lowest BCUT2D eigenvalue weighted by atomic mass is 10.3. The maximum absolute atomic E-state index is 10.9. The van der Waals surface area contributed by atoms with Gasteiger partial charge in [0, 0.05) is 28.9 Å². The van der Waals surface area contributed by atoms with Gasteiger partial charge in [-0.3, -0.25) is 4.21 Å². The van der Waals surface area contributed by atoms with Crippen LogP contribution in [0.2, 0.25) is 0 Å². The maximum atomic E-state index is 10.9. The lowest BCUT2D eigenvalue weighted by Crippen LogP contribution is -2.22. The molecule has 0 bridgehead atoms. The first-order chi connectivity index (χ1) is 5.54. The van der Waals surface area contributed by atoms with Crippen LogP contribution in [0, 0.1) is 0 Å². The van der Waals surface area contributed by atoms with Crippen molar-refractivity contribution in [3.8, 4) is 0 Å². The molecule has 0 heterocycles. The predicted octanol–water partition coefficient (Wildman–Crippen LogP) is 1.31. The molecule has 0 aromatic carbocycles. The van der Waals surface area contributed by atoms with Crippen molar-refractivity contribution >= 4 is 10.8 Å². The minimum Gasteiger partial charge on any atom is -0.313 e. The molecule has 0 saturated heterocycles. The Kier molecular flexibility index (Phi) is 6.30. The summed E-state index contributed by atoms with van der Waals surface area (Å²) in [4.78, 5) is 0. The second-order valence-electron chi connectivity index (χ2n) is 3.23. The summed E-state index contributed by atoms with van der Waals surface area (Å²) in [6, 6.07) is 0. The second-order valence-corrected chi connectivity index (χ2v) is 5.03. The Morgan fingerprint density at radius 1 is 1.67 bits per heavy atom. The van der Waals surface area contributed by atoms with Crippen molar-refractivity contribution in [2.24, 2.45) is 0 Å². The molecule has 0 saturated carbocycles. The van der Waals surface area contributed by atoms with Gasteiger partial charge in [0.2, 0.25) is 0 Å². The molecule has 0 amide bonds. The molecule has 0 spiro atoms. The first-order valence-electron chi connectivity index (χ1n) is 4.21. The van der Waals surface area contributed by atoms with Crippen LogP contribution in [0.1, 0.15) is 20.3 Å². The lowest BCUT2D eigenvalue weighted by Gasteiger charge is -2.08. The molecule has 72 valence electrons. The van der Waals surface area contributed by atoms with Gasteiger partial charge >= 0.3 is 0 Å². The summed E-state index contributed by atoms with van der Waals surface area (Å²) in [6.07, 6.45) is 2.72. The van der Waals surface area contributed by atoms with Crippen LogP contribution in [0.5, 0.6) is 0 Å². The molecule has 2 nitrogen and oxygen atoms in total. The van der Waals surface area contributed by atoms with Gasteiger partial charge in [-0.1, -0.05) is 19.1 Å². The molecule has 0 aliphatic carbocycles. The summed E-state index contributed by atoms with van der Waals surface area (Å²) < 4.78 is 10.9. The highest BCUT2D eigenvalue weighted by Crippen LogP contribution is 1.97. The summed E-state index contributed by atoms with van der Waals surface area (Å²) in [7, 11) is -0.687. The van der Waals surface area contributed by atoms with E-state index in [4.69, 9.17) is 0 Å². The molecular formula is C9H19NOS. The topological polar surface area (TPSA) is 29.1 Å². The number of nitrogens with one attached hydrogen (secondary N) is 1. The molecule has 0 radical (unpaired) electrons. The van der Waals surface area contributed by atoms with E-state index in [0.717, 1.165) is 25.1 Å². The summed E-state index contributed by atoms with van der Waals surface area (Å²) in [5.41, 5.74) is 1.14. The van der Waals surface area contributed by atoms with E-state index in [1.54, 1.807) is 6.26 Å². The number of hydrogen-bond donors (Lipinski definition) is 1. The smallest absolute Gasteiger partial charge is 0.0329 e. The first-order valence-corrected chi connectivity index (χ1v) is 5.83. The van der Waals surface area contributed by atoms with Crippen molar-refractivity contribution < 1.29 is 4.21 Å². The summed E-state index contributed by atoms with van der Waals surface area (Å²) in [6.45, 7) is 9.58. The number of rotatable bonds is 6. The molecule has 3 heteroatoms. The fourth-order valence-corrected chi connectivity index (χ4v) is 1.22. The minimum absolute atomic E-state index is 0.294. The van der Waals surface area contributed by atoms with Gasteiger partial charge in [0.05, 0.1) is 0 Å². The summed E-state index contributed by atoms with van der Waals surface area (Å²) in [5, 5.41) is 3.53. The van der Waals surface area contributed by atoms with Gasteiger partial charge in [-0.15, -0.1) is 0 Å². The van der Waals surface area contributed by atoms with Crippen molar-refractivity contribution in [2.75, 3.05) is 19.3 Å². The Hall–Kier alpha value is -0.150. The third kappa shape index (κ3) is 6.55. The van der Waals surface area contributed by atoms with Gasteiger partial charge in [0.15, 0.2) is 0 Å². The van der Waals surface area contributed by atoms with E-state index in [9.17, 15) is 4.21 Å². The highest BCUT2D eigenvalue weighted by molar-refractivity contribution is 7.84. The first kappa shape index (κ1) is 11.8. The SMILES string of the molecule is C=C(C)CNCCC(C)S(C)=O. The lowest BCUT2D eigenvalue weighted by molar-refractivity contribution is 0.646. The van der Waals surface area contributed by atoms with E-state index in [-0.39, 0.29) is 0 Å². The molecule has 1 N–H and O–H groups in total. The Labute approximate surface area is 77.9 Å². The van der Waals surface area contributed by atoms with Gasteiger partial charge < -0.3 is 5.32 Å². The van der Waals surface area contributed by atoms with Crippen LogP contribution in [0.4, 0.5) is 0 Å². The van der Waals surface area contributed by atoms with E-state index in [1.165, 1.54) is 0 Å². The Morgan fingerprint density at radius 2 is 2.25 bits per heavy atom. The Balaban J connectivity index is 3.31. The van der Waals surface area contributed by atoms with Gasteiger partial charge in [0.1, 0.15) is 0 Å². The van der Waals surface area contributed by atoms with E-state index in [2.05, 4.69) is 11.9 Å². The second kappa shape index (κ2) is 6.38. The van der Waals surface area contributed by atoms with Crippen molar-refractivity contribution in [2.45, 2.75) is 25.5 Å². The number of hydrogen-bond acceptors (Lipinski definition) is 2. The molecule has 0 rings (SSSR count). The fraction of sp³-hybridized carbons (Fsp3) is 0.778. The third-order valence-corrected chi connectivity index (χ3v) is 3.09. The predicted molar refractivity (Wildman–Crippen MR) is 55.8 cm³/mol.